The number of anilines is 3. The van der Waals surface area contributed by atoms with Gasteiger partial charge in [0.25, 0.3) is 0 Å². The van der Waals surface area contributed by atoms with Crippen molar-refractivity contribution in [2.24, 2.45) is 0 Å². The summed E-state index contributed by atoms with van der Waals surface area (Å²) in [6.45, 7) is 2.90. The number of methoxy groups -OCH3 is 2. The van der Waals surface area contributed by atoms with Gasteiger partial charge in [0.15, 0.2) is 0 Å². The molecule has 4 rings (SSSR count). The maximum Gasteiger partial charge on any atom is 0.227 e. The number of hydrogen-bond donors (Lipinski definition) is 1. The number of sulfone groups is 1. The molecule has 0 amide bonds. The Labute approximate surface area is 187 Å². The highest BCUT2D eigenvalue weighted by molar-refractivity contribution is 7.91. The van der Waals surface area contributed by atoms with Crippen LogP contribution in [0.25, 0.3) is 0 Å². The van der Waals surface area contributed by atoms with E-state index in [1.165, 1.54) is 25.4 Å². The maximum atomic E-state index is 13.0. The number of nitrogen functional groups attached to an aromatic ring is 1. The van der Waals surface area contributed by atoms with Crippen LogP contribution < -0.4 is 25.0 Å². The predicted octanol–water partition coefficient (Wildman–Crippen LogP) is 2.24. The summed E-state index contributed by atoms with van der Waals surface area (Å²) in [5.74, 6) is 1.73. The summed E-state index contributed by atoms with van der Waals surface area (Å²) in [5, 5.41) is 0. The van der Waals surface area contributed by atoms with Crippen molar-refractivity contribution in [2.45, 2.75) is 9.79 Å². The van der Waals surface area contributed by atoms with Crippen molar-refractivity contribution < 1.29 is 17.9 Å². The topological polar surface area (TPSA) is 111 Å². The minimum absolute atomic E-state index is 0.0685. The summed E-state index contributed by atoms with van der Waals surface area (Å²) >= 11 is 0. The zero-order chi connectivity index (χ0) is 22.7. The lowest BCUT2D eigenvalue weighted by Gasteiger charge is -2.36. The molecule has 10 heteroatoms. The average Bonchev–Trinajstić information content (AvgIpc) is 2.84. The SMILES string of the molecule is COc1ccc(S(=O)(=O)c2cnc(N3CCN(c4cccc(OC)c4)CC3)nc2N)cc1. The Morgan fingerprint density at radius 1 is 0.906 bits per heavy atom. The molecule has 2 N–H and O–H groups in total. The van der Waals surface area contributed by atoms with Crippen molar-refractivity contribution in [2.75, 3.05) is 55.9 Å². The van der Waals surface area contributed by atoms with Crippen LogP contribution in [-0.2, 0) is 9.84 Å². The van der Waals surface area contributed by atoms with Crippen molar-refractivity contribution in [1.29, 1.82) is 0 Å². The van der Waals surface area contributed by atoms with Gasteiger partial charge in [-0.1, -0.05) is 6.07 Å². The fourth-order valence-corrected chi connectivity index (χ4v) is 4.85. The molecule has 168 valence electrons. The quantitative estimate of drug-likeness (QED) is 0.598. The largest absolute Gasteiger partial charge is 0.497 e. The third-order valence-electron chi connectivity index (χ3n) is 5.41. The van der Waals surface area contributed by atoms with Gasteiger partial charge in [0.05, 0.1) is 25.3 Å². The second-order valence-corrected chi connectivity index (χ2v) is 9.19. The highest BCUT2D eigenvalue weighted by Gasteiger charge is 2.25. The summed E-state index contributed by atoms with van der Waals surface area (Å²) in [4.78, 5) is 12.9. The fourth-order valence-electron chi connectivity index (χ4n) is 3.59. The van der Waals surface area contributed by atoms with E-state index < -0.39 is 9.84 Å². The Bertz CT molecular complexity index is 1190. The molecule has 0 spiro atoms. The van der Waals surface area contributed by atoms with E-state index in [4.69, 9.17) is 15.2 Å². The summed E-state index contributed by atoms with van der Waals surface area (Å²) in [6, 6.07) is 14.0. The van der Waals surface area contributed by atoms with Crippen LogP contribution in [0.5, 0.6) is 11.5 Å². The second-order valence-electron chi connectivity index (χ2n) is 7.27. The van der Waals surface area contributed by atoms with E-state index in [0.29, 0.717) is 24.8 Å². The second kappa shape index (κ2) is 8.91. The van der Waals surface area contributed by atoms with Gasteiger partial charge in [-0.2, -0.15) is 4.98 Å². The number of aromatic nitrogens is 2. The van der Waals surface area contributed by atoms with Crippen LogP contribution in [0, 0.1) is 0 Å². The summed E-state index contributed by atoms with van der Waals surface area (Å²) in [7, 11) is -0.669. The molecule has 0 radical (unpaired) electrons. The van der Waals surface area contributed by atoms with E-state index in [1.807, 2.05) is 29.2 Å². The molecule has 1 aliphatic heterocycles. The molecule has 0 aliphatic carbocycles. The van der Waals surface area contributed by atoms with Crippen LogP contribution in [-0.4, -0.2) is 58.8 Å². The molecule has 0 bridgehead atoms. The fraction of sp³-hybridized carbons (Fsp3) is 0.273. The van der Waals surface area contributed by atoms with Gasteiger partial charge in [-0.05, 0) is 36.4 Å². The number of hydrogen-bond acceptors (Lipinski definition) is 9. The van der Waals surface area contributed by atoms with Crippen LogP contribution in [0.3, 0.4) is 0 Å². The van der Waals surface area contributed by atoms with E-state index >= 15 is 0 Å². The molecule has 1 fully saturated rings. The monoisotopic (exact) mass is 455 g/mol. The predicted molar refractivity (Wildman–Crippen MR) is 122 cm³/mol. The Morgan fingerprint density at radius 2 is 1.56 bits per heavy atom. The first-order valence-corrected chi connectivity index (χ1v) is 11.6. The van der Waals surface area contributed by atoms with E-state index in [2.05, 4.69) is 14.9 Å². The zero-order valence-electron chi connectivity index (χ0n) is 17.9. The number of nitrogens with two attached hydrogens (primary N) is 1. The van der Waals surface area contributed by atoms with Crippen LogP contribution in [0.15, 0.2) is 64.5 Å². The molecule has 1 aromatic heterocycles. The van der Waals surface area contributed by atoms with Crippen molar-refractivity contribution in [3.05, 3.63) is 54.7 Å². The lowest BCUT2D eigenvalue weighted by molar-refractivity contribution is 0.414. The Balaban J connectivity index is 1.49. The van der Waals surface area contributed by atoms with Gasteiger partial charge in [-0.25, -0.2) is 13.4 Å². The van der Waals surface area contributed by atoms with Crippen molar-refractivity contribution in [3.63, 3.8) is 0 Å². The molecule has 1 saturated heterocycles. The molecule has 0 unspecified atom stereocenters. The maximum absolute atomic E-state index is 13.0. The first-order valence-electron chi connectivity index (χ1n) is 10.1. The van der Waals surface area contributed by atoms with E-state index in [9.17, 15) is 8.42 Å². The van der Waals surface area contributed by atoms with Crippen LogP contribution in [0.2, 0.25) is 0 Å². The van der Waals surface area contributed by atoms with Gasteiger partial charge in [0.1, 0.15) is 22.2 Å². The molecule has 1 aliphatic rings. The van der Waals surface area contributed by atoms with Gasteiger partial charge < -0.3 is 25.0 Å². The third-order valence-corrected chi connectivity index (χ3v) is 7.20. The lowest BCUT2D eigenvalue weighted by Crippen LogP contribution is -2.47. The number of ether oxygens (including phenoxy) is 2. The van der Waals surface area contributed by atoms with E-state index in [1.54, 1.807) is 19.2 Å². The molecule has 3 aromatic rings. The van der Waals surface area contributed by atoms with Crippen LogP contribution in [0.4, 0.5) is 17.5 Å². The highest BCUT2D eigenvalue weighted by atomic mass is 32.2. The van der Waals surface area contributed by atoms with Crippen molar-refractivity contribution in [1.82, 2.24) is 9.97 Å². The van der Waals surface area contributed by atoms with E-state index in [-0.39, 0.29) is 15.6 Å². The smallest absolute Gasteiger partial charge is 0.227 e. The summed E-state index contributed by atoms with van der Waals surface area (Å²) < 4.78 is 36.3. The molecule has 9 nitrogen and oxygen atoms in total. The first kappa shape index (κ1) is 21.7. The van der Waals surface area contributed by atoms with Gasteiger partial charge >= 0.3 is 0 Å². The Kier molecular flexibility index (Phi) is 6.04. The molecule has 32 heavy (non-hydrogen) atoms. The Morgan fingerprint density at radius 3 is 2.19 bits per heavy atom. The Hall–Kier alpha value is -3.53. The van der Waals surface area contributed by atoms with Crippen molar-refractivity contribution >= 4 is 27.3 Å². The molecule has 2 aromatic carbocycles. The number of piperazine rings is 1. The van der Waals surface area contributed by atoms with Gasteiger partial charge in [-0.3, -0.25) is 0 Å². The first-order chi connectivity index (χ1) is 15.4. The van der Waals surface area contributed by atoms with Gasteiger partial charge in [-0.15, -0.1) is 0 Å². The van der Waals surface area contributed by atoms with Crippen LogP contribution in [0.1, 0.15) is 0 Å². The van der Waals surface area contributed by atoms with E-state index in [0.717, 1.165) is 24.5 Å². The standard InChI is InChI=1S/C22H25N5O4S/c1-30-17-6-8-19(9-7-17)32(28,29)20-15-24-22(25-21(20)23)27-12-10-26(11-13-27)16-4-3-5-18(14-16)31-2/h3-9,14-15H,10-13H2,1-2H3,(H2,23,24,25). The number of rotatable bonds is 6. The average molecular weight is 456 g/mol. The van der Waals surface area contributed by atoms with Gasteiger partial charge in [0.2, 0.25) is 15.8 Å². The van der Waals surface area contributed by atoms with Crippen LogP contribution >= 0.6 is 0 Å². The minimum Gasteiger partial charge on any atom is -0.497 e. The molecule has 0 saturated carbocycles. The highest BCUT2D eigenvalue weighted by Crippen LogP contribution is 2.28. The molecule has 0 atom stereocenters. The number of nitrogens with zero attached hydrogens (tertiary/aromatic N) is 4. The van der Waals surface area contributed by atoms with Gasteiger partial charge in [0, 0.05) is 37.9 Å². The molecular formula is C22H25N5O4S. The molecular weight excluding hydrogens is 430 g/mol. The van der Waals surface area contributed by atoms with Crippen molar-refractivity contribution in [3.8, 4) is 11.5 Å². The third kappa shape index (κ3) is 4.26. The molecule has 2 heterocycles. The lowest BCUT2D eigenvalue weighted by atomic mass is 10.2. The minimum atomic E-state index is -3.84. The zero-order valence-corrected chi connectivity index (χ0v) is 18.7. The number of benzene rings is 2. The summed E-state index contributed by atoms with van der Waals surface area (Å²) in [5.41, 5.74) is 7.14. The normalized spacial score (nSPS) is 14.3. The summed E-state index contributed by atoms with van der Waals surface area (Å²) in [6.07, 6.45) is 1.28.